The second-order valence-corrected chi connectivity index (χ2v) is 5.15. The predicted molar refractivity (Wildman–Crippen MR) is 77.4 cm³/mol. The number of piperidine rings is 1. The van der Waals surface area contributed by atoms with Gasteiger partial charge in [-0.15, -0.1) is 0 Å². The topological polar surface area (TPSA) is 64.8 Å². The lowest BCUT2D eigenvalue weighted by Gasteiger charge is -2.30. The van der Waals surface area contributed by atoms with Crippen molar-refractivity contribution >= 4 is 5.91 Å². The Bertz CT molecular complexity index is 494. The van der Waals surface area contributed by atoms with E-state index in [2.05, 4.69) is 0 Å². The lowest BCUT2D eigenvalue weighted by Crippen LogP contribution is -2.43. The zero-order valence-corrected chi connectivity index (χ0v) is 12.3. The molecule has 2 N–H and O–H groups in total. The number of nitrogens with two attached hydrogens (primary N) is 1. The van der Waals surface area contributed by atoms with E-state index in [-0.39, 0.29) is 11.9 Å². The normalized spacial score (nSPS) is 16.1. The number of rotatable bonds is 3. The Balaban J connectivity index is 2.25. The summed E-state index contributed by atoms with van der Waals surface area (Å²) in [7, 11) is 3.16. The van der Waals surface area contributed by atoms with E-state index in [4.69, 9.17) is 15.2 Å². The van der Waals surface area contributed by atoms with Crippen LogP contribution in [0.1, 0.15) is 28.8 Å². The number of methoxy groups -OCH3 is 2. The van der Waals surface area contributed by atoms with Crippen molar-refractivity contribution in [1.82, 2.24) is 4.90 Å². The van der Waals surface area contributed by atoms with Gasteiger partial charge in [-0.05, 0) is 37.5 Å². The molecule has 2 rings (SSSR count). The van der Waals surface area contributed by atoms with Gasteiger partial charge in [0, 0.05) is 24.7 Å². The maximum atomic E-state index is 12.6. The van der Waals surface area contributed by atoms with Crippen molar-refractivity contribution in [1.29, 1.82) is 0 Å². The number of aryl methyl sites for hydroxylation is 1. The molecule has 0 unspecified atom stereocenters. The van der Waals surface area contributed by atoms with Gasteiger partial charge in [-0.3, -0.25) is 4.79 Å². The minimum absolute atomic E-state index is 0.0374. The first kappa shape index (κ1) is 14.7. The number of amides is 1. The first-order chi connectivity index (χ1) is 9.56. The van der Waals surface area contributed by atoms with Crippen LogP contribution in [-0.4, -0.2) is 44.2 Å². The van der Waals surface area contributed by atoms with E-state index in [1.54, 1.807) is 20.3 Å². The zero-order valence-electron chi connectivity index (χ0n) is 12.3. The quantitative estimate of drug-likeness (QED) is 0.911. The average molecular weight is 278 g/mol. The van der Waals surface area contributed by atoms with Crippen LogP contribution in [0.15, 0.2) is 12.1 Å². The van der Waals surface area contributed by atoms with Gasteiger partial charge >= 0.3 is 0 Å². The molecular weight excluding hydrogens is 256 g/mol. The highest BCUT2D eigenvalue weighted by Crippen LogP contribution is 2.31. The zero-order chi connectivity index (χ0) is 14.7. The number of hydrogen-bond donors (Lipinski definition) is 1. The fourth-order valence-electron chi connectivity index (χ4n) is 2.48. The fraction of sp³-hybridized carbons (Fsp3) is 0.533. The molecule has 1 saturated heterocycles. The van der Waals surface area contributed by atoms with Gasteiger partial charge in [-0.1, -0.05) is 0 Å². The second kappa shape index (κ2) is 6.13. The number of likely N-dealkylation sites (tertiary alicyclic amines) is 1. The Hall–Kier alpha value is -1.75. The van der Waals surface area contributed by atoms with E-state index in [0.29, 0.717) is 30.2 Å². The number of nitrogens with zero attached hydrogens (tertiary/aromatic N) is 1. The summed E-state index contributed by atoms with van der Waals surface area (Å²) >= 11 is 0. The highest BCUT2D eigenvalue weighted by atomic mass is 16.5. The molecule has 5 nitrogen and oxygen atoms in total. The molecule has 0 spiro atoms. The van der Waals surface area contributed by atoms with Crippen LogP contribution in [0.3, 0.4) is 0 Å². The molecule has 1 heterocycles. The number of carbonyl (C=O) groups is 1. The predicted octanol–water partition coefficient (Wildman–Crippen LogP) is 1.58. The summed E-state index contributed by atoms with van der Waals surface area (Å²) < 4.78 is 10.5. The highest BCUT2D eigenvalue weighted by molar-refractivity contribution is 5.96. The van der Waals surface area contributed by atoms with E-state index >= 15 is 0 Å². The van der Waals surface area contributed by atoms with E-state index in [1.165, 1.54) is 0 Å². The van der Waals surface area contributed by atoms with Gasteiger partial charge < -0.3 is 20.1 Å². The molecule has 0 radical (unpaired) electrons. The maximum absolute atomic E-state index is 12.6. The minimum atomic E-state index is 0.0374. The fourth-order valence-corrected chi connectivity index (χ4v) is 2.48. The summed E-state index contributed by atoms with van der Waals surface area (Å²) in [6.07, 6.45) is 1.72. The van der Waals surface area contributed by atoms with Crippen molar-refractivity contribution in [3.8, 4) is 11.5 Å². The van der Waals surface area contributed by atoms with Crippen molar-refractivity contribution in [2.45, 2.75) is 25.8 Å². The molecule has 0 saturated carbocycles. The molecule has 1 fully saturated rings. The molecule has 1 aliphatic heterocycles. The Morgan fingerprint density at radius 3 is 2.30 bits per heavy atom. The van der Waals surface area contributed by atoms with Gasteiger partial charge in [0.25, 0.3) is 5.91 Å². The van der Waals surface area contributed by atoms with E-state index in [9.17, 15) is 4.79 Å². The van der Waals surface area contributed by atoms with Crippen LogP contribution >= 0.6 is 0 Å². The lowest BCUT2D eigenvalue weighted by atomic mass is 10.0. The van der Waals surface area contributed by atoms with Gasteiger partial charge in [0.2, 0.25) is 0 Å². The Morgan fingerprint density at radius 1 is 1.20 bits per heavy atom. The summed E-state index contributed by atoms with van der Waals surface area (Å²) in [4.78, 5) is 14.4. The standard InChI is InChI=1S/C15H22N2O3/c1-10-8-13(19-2)14(20-3)9-12(10)15(18)17-6-4-11(16)5-7-17/h8-9,11H,4-7,16H2,1-3H3. The molecule has 1 aromatic carbocycles. The molecule has 0 atom stereocenters. The van der Waals surface area contributed by atoms with Crippen LogP contribution in [0.2, 0.25) is 0 Å². The molecule has 20 heavy (non-hydrogen) atoms. The maximum Gasteiger partial charge on any atom is 0.254 e. The first-order valence-corrected chi connectivity index (χ1v) is 6.84. The Morgan fingerprint density at radius 2 is 1.75 bits per heavy atom. The van der Waals surface area contributed by atoms with Gasteiger partial charge in [0.05, 0.1) is 14.2 Å². The molecule has 0 aliphatic carbocycles. The van der Waals surface area contributed by atoms with Crippen LogP contribution < -0.4 is 15.2 Å². The van der Waals surface area contributed by atoms with E-state index in [1.807, 2.05) is 17.9 Å². The number of carbonyl (C=O) groups excluding carboxylic acids is 1. The number of ether oxygens (including phenoxy) is 2. The molecule has 1 amide bonds. The molecule has 0 aromatic heterocycles. The molecule has 110 valence electrons. The molecular formula is C15H22N2O3. The highest BCUT2D eigenvalue weighted by Gasteiger charge is 2.24. The van der Waals surface area contributed by atoms with E-state index < -0.39 is 0 Å². The van der Waals surface area contributed by atoms with Crippen molar-refractivity contribution in [2.75, 3.05) is 27.3 Å². The molecule has 5 heteroatoms. The third-order valence-electron chi connectivity index (χ3n) is 3.79. The first-order valence-electron chi connectivity index (χ1n) is 6.84. The van der Waals surface area contributed by atoms with Crippen LogP contribution in [0.25, 0.3) is 0 Å². The van der Waals surface area contributed by atoms with Gasteiger partial charge in [-0.25, -0.2) is 0 Å². The van der Waals surface area contributed by atoms with Crippen molar-refractivity contribution in [2.24, 2.45) is 5.73 Å². The summed E-state index contributed by atoms with van der Waals surface area (Å²) in [5.74, 6) is 1.26. The SMILES string of the molecule is COc1cc(C)c(C(=O)N2CCC(N)CC2)cc1OC. The molecule has 1 aromatic rings. The van der Waals surface area contributed by atoms with Gasteiger partial charge in [0.1, 0.15) is 0 Å². The summed E-state index contributed by atoms with van der Waals surface area (Å²) in [5.41, 5.74) is 7.43. The summed E-state index contributed by atoms with van der Waals surface area (Å²) in [6, 6.07) is 3.80. The Kier molecular flexibility index (Phi) is 4.49. The van der Waals surface area contributed by atoms with Crippen molar-refractivity contribution in [3.63, 3.8) is 0 Å². The minimum Gasteiger partial charge on any atom is -0.493 e. The lowest BCUT2D eigenvalue weighted by molar-refractivity contribution is 0.0713. The van der Waals surface area contributed by atoms with Gasteiger partial charge in [0.15, 0.2) is 11.5 Å². The van der Waals surface area contributed by atoms with Gasteiger partial charge in [-0.2, -0.15) is 0 Å². The van der Waals surface area contributed by atoms with E-state index in [0.717, 1.165) is 18.4 Å². The summed E-state index contributed by atoms with van der Waals surface area (Å²) in [6.45, 7) is 3.34. The van der Waals surface area contributed by atoms with Crippen molar-refractivity contribution in [3.05, 3.63) is 23.3 Å². The average Bonchev–Trinajstić information content (AvgIpc) is 2.47. The molecule has 1 aliphatic rings. The Labute approximate surface area is 119 Å². The van der Waals surface area contributed by atoms with Crippen LogP contribution in [-0.2, 0) is 0 Å². The smallest absolute Gasteiger partial charge is 0.254 e. The second-order valence-electron chi connectivity index (χ2n) is 5.15. The largest absolute Gasteiger partial charge is 0.493 e. The monoisotopic (exact) mass is 278 g/mol. The number of benzene rings is 1. The van der Waals surface area contributed by atoms with Crippen LogP contribution in [0, 0.1) is 6.92 Å². The summed E-state index contributed by atoms with van der Waals surface area (Å²) in [5, 5.41) is 0. The third-order valence-corrected chi connectivity index (χ3v) is 3.79. The number of hydrogen-bond acceptors (Lipinski definition) is 4. The van der Waals surface area contributed by atoms with Crippen molar-refractivity contribution < 1.29 is 14.3 Å². The van der Waals surface area contributed by atoms with Crippen LogP contribution in [0.5, 0.6) is 11.5 Å². The third kappa shape index (κ3) is 2.88. The van der Waals surface area contributed by atoms with Crippen LogP contribution in [0.4, 0.5) is 0 Å². The molecule has 0 bridgehead atoms.